The predicted molar refractivity (Wildman–Crippen MR) is 83.4 cm³/mol. The summed E-state index contributed by atoms with van der Waals surface area (Å²) in [6, 6.07) is 11.0. The van der Waals surface area contributed by atoms with Crippen molar-refractivity contribution in [3.63, 3.8) is 0 Å². The number of hydrogen-bond donors (Lipinski definition) is 1. The van der Waals surface area contributed by atoms with Gasteiger partial charge in [0.25, 0.3) is 0 Å². The molecule has 2 nitrogen and oxygen atoms in total. The second kappa shape index (κ2) is 6.43. The van der Waals surface area contributed by atoms with Crippen LogP contribution in [0.15, 0.2) is 30.3 Å². The lowest BCUT2D eigenvalue weighted by molar-refractivity contribution is -0.112. The Morgan fingerprint density at radius 3 is 2.65 bits per heavy atom. The maximum absolute atomic E-state index is 11.0. The third-order valence-corrected chi connectivity index (χ3v) is 5.23. The van der Waals surface area contributed by atoms with Crippen molar-refractivity contribution in [2.45, 2.75) is 52.5 Å². The summed E-state index contributed by atoms with van der Waals surface area (Å²) < 4.78 is 0. The van der Waals surface area contributed by atoms with Gasteiger partial charge in [0, 0.05) is 6.04 Å². The van der Waals surface area contributed by atoms with E-state index in [1.807, 2.05) is 0 Å². The van der Waals surface area contributed by atoms with Crippen molar-refractivity contribution in [3.8, 4) is 0 Å². The molecule has 2 rings (SSSR count). The Morgan fingerprint density at radius 2 is 2.05 bits per heavy atom. The number of hydrogen-bond acceptors (Lipinski definition) is 1. The topological polar surface area (TPSA) is 29.1 Å². The first kappa shape index (κ1) is 15.1. The van der Waals surface area contributed by atoms with E-state index in [0.717, 1.165) is 19.3 Å². The fraction of sp³-hybridized carbons (Fsp3) is 0.611. The minimum Gasteiger partial charge on any atom is -0.355 e. The van der Waals surface area contributed by atoms with E-state index in [1.165, 1.54) is 18.4 Å². The lowest BCUT2D eigenvalue weighted by atomic mass is 9.59. The van der Waals surface area contributed by atoms with E-state index in [0.29, 0.717) is 17.9 Å². The molecule has 2 heteroatoms. The lowest BCUT2D eigenvalue weighted by Crippen LogP contribution is -2.52. The standard InChI is InChI=1S/C18H27NO/c1-14(2)18(12-16-7-5-4-6-8-16)10-9-15(3)11-17(18)19-13-20/h4-8,13-15,17H,9-12H2,1-3H3,(H,19,20). The second-order valence-electron chi connectivity index (χ2n) is 6.77. The van der Waals surface area contributed by atoms with E-state index in [-0.39, 0.29) is 5.41 Å². The SMILES string of the molecule is CC1CCC(Cc2ccccc2)(C(C)C)C(NC=O)C1. The number of amides is 1. The molecule has 1 aliphatic rings. The Morgan fingerprint density at radius 1 is 1.35 bits per heavy atom. The summed E-state index contributed by atoms with van der Waals surface area (Å²) in [5.41, 5.74) is 1.57. The molecule has 1 amide bonds. The van der Waals surface area contributed by atoms with Crippen LogP contribution in [-0.2, 0) is 11.2 Å². The van der Waals surface area contributed by atoms with E-state index in [1.54, 1.807) is 0 Å². The van der Waals surface area contributed by atoms with Crippen LogP contribution in [0, 0.1) is 17.3 Å². The van der Waals surface area contributed by atoms with E-state index < -0.39 is 0 Å². The first-order valence-corrected chi connectivity index (χ1v) is 7.82. The van der Waals surface area contributed by atoms with Gasteiger partial charge < -0.3 is 5.32 Å². The molecule has 0 radical (unpaired) electrons. The van der Waals surface area contributed by atoms with Crippen molar-refractivity contribution >= 4 is 6.41 Å². The van der Waals surface area contributed by atoms with Crippen LogP contribution in [0.5, 0.6) is 0 Å². The Labute approximate surface area is 123 Å². The third kappa shape index (κ3) is 3.05. The smallest absolute Gasteiger partial charge is 0.207 e. The highest BCUT2D eigenvalue weighted by Gasteiger charge is 2.44. The van der Waals surface area contributed by atoms with Crippen LogP contribution >= 0.6 is 0 Å². The largest absolute Gasteiger partial charge is 0.355 e. The van der Waals surface area contributed by atoms with Crippen LogP contribution in [0.2, 0.25) is 0 Å². The molecule has 0 aliphatic heterocycles. The van der Waals surface area contributed by atoms with Crippen LogP contribution < -0.4 is 5.32 Å². The molecule has 0 saturated heterocycles. The van der Waals surface area contributed by atoms with Crippen molar-refractivity contribution < 1.29 is 4.79 Å². The zero-order valence-electron chi connectivity index (χ0n) is 12.9. The van der Waals surface area contributed by atoms with Gasteiger partial charge in [0.15, 0.2) is 0 Å². The van der Waals surface area contributed by atoms with Gasteiger partial charge in [-0.1, -0.05) is 57.5 Å². The van der Waals surface area contributed by atoms with E-state index >= 15 is 0 Å². The van der Waals surface area contributed by atoms with E-state index in [9.17, 15) is 4.79 Å². The predicted octanol–water partition coefficient (Wildman–Crippen LogP) is 3.81. The minimum atomic E-state index is 0.189. The van der Waals surface area contributed by atoms with E-state index in [4.69, 9.17) is 0 Å². The second-order valence-corrected chi connectivity index (χ2v) is 6.77. The highest BCUT2D eigenvalue weighted by atomic mass is 16.1. The van der Waals surface area contributed by atoms with Crippen LogP contribution in [0.1, 0.15) is 45.6 Å². The molecular formula is C18H27NO. The zero-order valence-corrected chi connectivity index (χ0v) is 12.9. The maximum Gasteiger partial charge on any atom is 0.207 e. The highest BCUT2D eigenvalue weighted by molar-refractivity contribution is 5.47. The molecule has 1 aromatic carbocycles. The van der Waals surface area contributed by atoms with Gasteiger partial charge in [-0.05, 0) is 42.1 Å². The number of carbonyl (C=O) groups is 1. The average Bonchev–Trinajstić information content (AvgIpc) is 2.43. The van der Waals surface area contributed by atoms with Gasteiger partial charge in [-0.25, -0.2) is 0 Å². The minimum absolute atomic E-state index is 0.189. The highest BCUT2D eigenvalue weighted by Crippen LogP contribution is 2.46. The Bertz CT molecular complexity index is 428. The number of nitrogens with one attached hydrogen (secondary N) is 1. The van der Waals surface area contributed by atoms with Gasteiger partial charge in [0.1, 0.15) is 0 Å². The molecule has 1 fully saturated rings. The van der Waals surface area contributed by atoms with Crippen molar-refractivity contribution in [1.29, 1.82) is 0 Å². The molecule has 20 heavy (non-hydrogen) atoms. The monoisotopic (exact) mass is 273 g/mol. The molecule has 0 heterocycles. The van der Waals surface area contributed by atoms with Gasteiger partial charge in [-0.15, -0.1) is 0 Å². The summed E-state index contributed by atoms with van der Waals surface area (Å²) >= 11 is 0. The van der Waals surface area contributed by atoms with Crippen molar-refractivity contribution in [1.82, 2.24) is 5.32 Å². The normalized spacial score (nSPS) is 30.2. The Kier molecular flexibility index (Phi) is 4.85. The first-order chi connectivity index (χ1) is 9.58. The molecular weight excluding hydrogens is 246 g/mol. The molecule has 0 bridgehead atoms. The summed E-state index contributed by atoms with van der Waals surface area (Å²) in [6.07, 6.45) is 5.52. The van der Waals surface area contributed by atoms with Crippen molar-refractivity contribution in [3.05, 3.63) is 35.9 Å². The average molecular weight is 273 g/mol. The molecule has 0 aromatic heterocycles. The van der Waals surface area contributed by atoms with E-state index in [2.05, 4.69) is 56.4 Å². The third-order valence-electron chi connectivity index (χ3n) is 5.23. The van der Waals surface area contributed by atoms with Crippen LogP contribution in [0.3, 0.4) is 0 Å². The summed E-state index contributed by atoms with van der Waals surface area (Å²) in [4.78, 5) is 11.0. The summed E-state index contributed by atoms with van der Waals surface area (Å²) in [5, 5.41) is 3.13. The number of rotatable bonds is 5. The Balaban J connectivity index is 2.28. The summed E-state index contributed by atoms with van der Waals surface area (Å²) in [7, 11) is 0. The fourth-order valence-corrected chi connectivity index (χ4v) is 3.84. The van der Waals surface area contributed by atoms with Gasteiger partial charge in [0.2, 0.25) is 6.41 Å². The van der Waals surface area contributed by atoms with Gasteiger partial charge in [-0.2, -0.15) is 0 Å². The van der Waals surface area contributed by atoms with Gasteiger partial charge in [0.05, 0.1) is 0 Å². The number of carbonyl (C=O) groups excluding carboxylic acids is 1. The van der Waals surface area contributed by atoms with Gasteiger partial charge in [-0.3, -0.25) is 4.79 Å². The molecule has 110 valence electrons. The Hall–Kier alpha value is -1.31. The lowest BCUT2D eigenvalue weighted by Gasteiger charge is -2.49. The molecule has 1 aromatic rings. The summed E-state index contributed by atoms with van der Waals surface area (Å²) in [6.45, 7) is 6.91. The molecule has 1 aliphatic carbocycles. The fourth-order valence-electron chi connectivity index (χ4n) is 3.84. The zero-order chi connectivity index (χ0) is 14.6. The quantitative estimate of drug-likeness (QED) is 0.812. The van der Waals surface area contributed by atoms with Gasteiger partial charge >= 0.3 is 0 Å². The van der Waals surface area contributed by atoms with Crippen LogP contribution in [0.25, 0.3) is 0 Å². The summed E-state index contributed by atoms with van der Waals surface area (Å²) in [5.74, 6) is 1.27. The van der Waals surface area contributed by atoms with Crippen LogP contribution in [0.4, 0.5) is 0 Å². The molecule has 3 atom stereocenters. The van der Waals surface area contributed by atoms with Crippen molar-refractivity contribution in [2.75, 3.05) is 0 Å². The number of benzene rings is 1. The maximum atomic E-state index is 11.0. The van der Waals surface area contributed by atoms with Crippen molar-refractivity contribution in [2.24, 2.45) is 17.3 Å². The molecule has 1 saturated carbocycles. The van der Waals surface area contributed by atoms with Crippen LogP contribution in [-0.4, -0.2) is 12.5 Å². The molecule has 0 spiro atoms. The first-order valence-electron chi connectivity index (χ1n) is 7.82. The molecule has 3 unspecified atom stereocenters. The molecule has 1 N–H and O–H groups in total.